The molecule has 0 aliphatic heterocycles. The molecule has 12 heavy (non-hydrogen) atoms. The first kappa shape index (κ1) is 10.0. The molecule has 0 heterocycles. The Bertz CT molecular complexity index is 154. The highest BCUT2D eigenvalue weighted by molar-refractivity contribution is 4.88. The Morgan fingerprint density at radius 1 is 1.33 bits per heavy atom. The van der Waals surface area contributed by atoms with Crippen LogP contribution in [0.2, 0.25) is 0 Å². The number of hydrogen-bond acceptors (Lipinski definition) is 2. The number of aliphatic hydroxyl groups excluding tert-OH is 1. The van der Waals surface area contributed by atoms with Crippen LogP contribution in [0, 0.1) is 5.41 Å². The molecule has 2 heteroatoms. The van der Waals surface area contributed by atoms with Crippen molar-refractivity contribution in [3.63, 3.8) is 0 Å². The van der Waals surface area contributed by atoms with Crippen LogP contribution in [0.3, 0.4) is 0 Å². The summed E-state index contributed by atoms with van der Waals surface area (Å²) in [5, 5.41) is 9.73. The molecule has 0 bridgehead atoms. The molecule has 2 unspecified atom stereocenters. The lowest BCUT2D eigenvalue weighted by atomic mass is 9.73. The molecule has 1 saturated carbocycles. The predicted octanol–water partition coefficient (Wildman–Crippen LogP) is 1.49. The van der Waals surface area contributed by atoms with Crippen molar-refractivity contribution in [1.29, 1.82) is 0 Å². The third kappa shape index (κ3) is 2.20. The maximum Gasteiger partial charge on any atom is 0.0695 e. The van der Waals surface area contributed by atoms with Crippen LogP contribution < -0.4 is 0 Å². The maximum atomic E-state index is 9.73. The second kappa shape index (κ2) is 3.35. The van der Waals surface area contributed by atoms with Crippen LogP contribution in [-0.2, 0) is 0 Å². The van der Waals surface area contributed by atoms with Gasteiger partial charge in [-0.2, -0.15) is 0 Å². The first-order chi connectivity index (χ1) is 5.42. The van der Waals surface area contributed by atoms with Gasteiger partial charge in [0.1, 0.15) is 0 Å². The smallest absolute Gasteiger partial charge is 0.0695 e. The van der Waals surface area contributed by atoms with Gasteiger partial charge in [-0.15, -0.1) is 0 Å². The highest BCUT2D eigenvalue weighted by Crippen LogP contribution is 2.36. The zero-order valence-corrected chi connectivity index (χ0v) is 8.67. The molecule has 0 radical (unpaired) electrons. The maximum absolute atomic E-state index is 9.73. The molecule has 0 aromatic carbocycles. The Morgan fingerprint density at radius 3 is 2.33 bits per heavy atom. The summed E-state index contributed by atoms with van der Waals surface area (Å²) in [6.07, 6.45) is 3.10. The van der Waals surface area contributed by atoms with Crippen molar-refractivity contribution >= 4 is 0 Å². The summed E-state index contributed by atoms with van der Waals surface area (Å²) >= 11 is 0. The minimum absolute atomic E-state index is 0.118. The van der Waals surface area contributed by atoms with Crippen molar-refractivity contribution in [2.24, 2.45) is 5.41 Å². The lowest BCUT2D eigenvalue weighted by Crippen LogP contribution is -2.45. The first-order valence-electron chi connectivity index (χ1n) is 4.77. The standard InChI is InChI=1S/C10H21NO/c1-10(2)6-5-9(12)8(7-10)11(3)4/h8-9,12H,5-7H2,1-4H3. The molecule has 2 nitrogen and oxygen atoms in total. The third-order valence-electron chi connectivity index (χ3n) is 2.99. The molecule has 2 atom stereocenters. The van der Waals surface area contributed by atoms with Crippen LogP contribution in [-0.4, -0.2) is 36.2 Å². The van der Waals surface area contributed by atoms with Crippen molar-refractivity contribution in [2.75, 3.05) is 14.1 Å². The van der Waals surface area contributed by atoms with E-state index in [9.17, 15) is 5.11 Å². The van der Waals surface area contributed by atoms with Crippen molar-refractivity contribution in [3.8, 4) is 0 Å². The summed E-state index contributed by atoms with van der Waals surface area (Å²) in [4.78, 5) is 2.14. The van der Waals surface area contributed by atoms with E-state index in [2.05, 4.69) is 32.8 Å². The van der Waals surface area contributed by atoms with E-state index in [0.717, 1.165) is 19.3 Å². The number of aliphatic hydroxyl groups is 1. The van der Waals surface area contributed by atoms with Crippen molar-refractivity contribution < 1.29 is 5.11 Å². The highest BCUT2D eigenvalue weighted by atomic mass is 16.3. The van der Waals surface area contributed by atoms with Crippen LogP contribution in [0.25, 0.3) is 0 Å². The van der Waals surface area contributed by atoms with E-state index in [1.54, 1.807) is 0 Å². The largest absolute Gasteiger partial charge is 0.391 e. The Morgan fingerprint density at radius 2 is 1.92 bits per heavy atom. The number of rotatable bonds is 1. The monoisotopic (exact) mass is 171 g/mol. The summed E-state index contributed by atoms with van der Waals surface area (Å²) in [7, 11) is 4.10. The van der Waals surface area contributed by atoms with Gasteiger partial charge in [-0.05, 0) is 38.8 Å². The highest BCUT2D eigenvalue weighted by Gasteiger charge is 2.34. The molecule has 0 aromatic heterocycles. The second-order valence-corrected chi connectivity index (χ2v) is 5.01. The summed E-state index contributed by atoms with van der Waals surface area (Å²) in [5.41, 5.74) is 0.411. The Kier molecular flexibility index (Phi) is 2.79. The summed E-state index contributed by atoms with van der Waals surface area (Å²) in [5.74, 6) is 0. The fraction of sp³-hybridized carbons (Fsp3) is 1.00. The zero-order chi connectivity index (χ0) is 9.35. The number of likely N-dealkylation sites (N-methyl/N-ethyl adjacent to an activating group) is 1. The lowest BCUT2D eigenvalue weighted by Gasteiger charge is -2.41. The SMILES string of the molecule is CN(C)C1CC(C)(C)CCC1O. The molecule has 1 fully saturated rings. The fourth-order valence-electron chi connectivity index (χ4n) is 2.06. The normalized spacial score (nSPS) is 35.5. The quantitative estimate of drug-likeness (QED) is 0.646. The van der Waals surface area contributed by atoms with E-state index in [4.69, 9.17) is 0 Å². The summed E-state index contributed by atoms with van der Waals surface area (Å²) in [6.45, 7) is 4.57. The Hall–Kier alpha value is -0.0800. The third-order valence-corrected chi connectivity index (χ3v) is 2.99. The van der Waals surface area contributed by atoms with Gasteiger partial charge in [0.05, 0.1) is 6.10 Å². The Labute approximate surface area is 75.6 Å². The molecular formula is C10H21NO. The van der Waals surface area contributed by atoms with Crippen LogP contribution >= 0.6 is 0 Å². The van der Waals surface area contributed by atoms with Gasteiger partial charge in [-0.3, -0.25) is 0 Å². The van der Waals surface area contributed by atoms with Gasteiger partial charge in [-0.25, -0.2) is 0 Å². The molecule has 72 valence electrons. The van der Waals surface area contributed by atoms with Gasteiger partial charge in [0.15, 0.2) is 0 Å². The molecule has 0 amide bonds. The van der Waals surface area contributed by atoms with Gasteiger partial charge < -0.3 is 10.0 Å². The first-order valence-corrected chi connectivity index (χ1v) is 4.77. The zero-order valence-electron chi connectivity index (χ0n) is 8.67. The van der Waals surface area contributed by atoms with Crippen molar-refractivity contribution in [1.82, 2.24) is 4.90 Å². The van der Waals surface area contributed by atoms with Crippen molar-refractivity contribution in [2.45, 2.75) is 45.3 Å². The van der Waals surface area contributed by atoms with Crippen molar-refractivity contribution in [3.05, 3.63) is 0 Å². The van der Waals surface area contributed by atoms with E-state index < -0.39 is 0 Å². The van der Waals surface area contributed by atoms with E-state index in [-0.39, 0.29) is 6.10 Å². The average molecular weight is 171 g/mol. The van der Waals surface area contributed by atoms with E-state index in [0.29, 0.717) is 11.5 Å². The lowest BCUT2D eigenvalue weighted by molar-refractivity contribution is 0.00185. The van der Waals surface area contributed by atoms with Crippen LogP contribution in [0.5, 0.6) is 0 Å². The molecule has 1 aliphatic rings. The van der Waals surface area contributed by atoms with E-state index >= 15 is 0 Å². The molecule has 0 aromatic rings. The van der Waals surface area contributed by atoms with Gasteiger partial charge in [0.25, 0.3) is 0 Å². The van der Waals surface area contributed by atoms with Crippen LogP contribution in [0.15, 0.2) is 0 Å². The van der Waals surface area contributed by atoms with E-state index in [1.807, 2.05) is 0 Å². The molecular weight excluding hydrogens is 150 g/mol. The van der Waals surface area contributed by atoms with E-state index in [1.165, 1.54) is 0 Å². The summed E-state index contributed by atoms with van der Waals surface area (Å²) < 4.78 is 0. The van der Waals surface area contributed by atoms with Gasteiger partial charge in [0, 0.05) is 6.04 Å². The Balaban J connectivity index is 2.59. The van der Waals surface area contributed by atoms with Gasteiger partial charge >= 0.3 is 0 Å². The number of nitrogens with zero attached hydrogens (tertiary/aromatic N) is 1. The molecule has 1 rings (SSSR count). The van der Waals surface area contributed by atoms with Crippen LogP contribution in [0.4, 0.5) is 0 Å². The minimum atomic E-state index is -0.118. The fourth-order valence-corrected chi connectivity index (χ4v) is 2.06. The summed E-state index contributed by atoms with van der Waals surface area (Å²) in [6, 6.07) is 0.355. The molecule has 1 N–H and O–H groups in total. The van der Waals surface area contributed by atoms with Gasteiger partial charge in [-0.1, -0.05) is 13.8 Å². The average Bonchev–Trinajstić information content (AvgIpc) is 1.94. The minimum Gasteiger partial charge on any atom is -0.391 e. The second-order valence-electron chi connectivity index (χ2n) is 5.01. The number of hydrogen-bond donors (Lipinski definition) is 1. The predicted molar refractivity (Wildman–Crippen MR) is 51.1 cm³/mol. The van der Waals surface area contributed by atoms with Gasteiger partial charge in [0.2, 0.25) is 0 Å². The molecule has 1 aliphatic carbocycles. The molecule has 0 spiro atoms. The topological polar surface area (TPSA) is 23.5 Å². The van der Waals surface area contributed by atoms with Crippen LogP contribution in [0.1, 0.15) is 33.1 Å². The molecule has 0 saturated heterocycles.